The summed E-state index contributed by atoms with van der Waals surface area (Å²) in [5.41, 5.74) is 2.40. The molecule has 0 amide bonds. The van der Waals surface area contributed by atoms with E-state index in [4.69, 9.17) is 26.2 Å². The summed E-state index contributed by atoms with van der Waals surface area (Å²) >= 11 is 6.21. The molecular weight excluding hydrogens is 470 g/mol. The van der Waals surface area contributed by atoms with E-state index in [0.717, 1.165) is 5.56 Å². The van der Waals surface area contributed by atoms with Gasteiger partial charge in [-0.15, -0.1) is 10.2 Å². The number of halogens is 1. The number of fused-ring (bicyclic) bond motifs is 1. The number of carboxylic acid groups (broad SMARTS) is 1. The molecule has 1 aliphatic rings. The van der Waals surface area contributed by atoms with Gasteiger partial charge in [0.05, 0.1) is 18.7 Å². The maximum absolute atomic E-state index is 13.2. The molecule has 0 fully saturated rings. The zero-order chi connectivity index (χ0) is 24.4. The highest BCUT2D eigenvalue weighted by molar-refractivity contribution is 6.31. The molecule has 3 aromatic carbocycles. The van der Waals surface area contributed by atoms with Crippen molar-refractivity contribution in [3.05, 3.63) is 101 Å². The number of hydrogen-bond donors (Lipinski definition) is 1. The summed E-state index contributed by atoms with van der Waals surface area (Å²) in [6.07, 6.45) is 1.54. The van der Waals surface area contributed by atoms with Crippen LogP contribution >= 0.6 is 11.6 Å². The number of aromatic nitrogens is 3. The van der Waals surface area contributed by atoms with Crippen molar-refractivity contribution in [2.24, 2.45) is 0 Å². The number of carbonyl (C=O) groups excluding carboxylic acids is 1. The number of hydrogen-bond acceptors (Lipinski definition) is 6. The van der Waals surface area contributed by atoms with Crippen LogP contribution < -0.4 is 9.47 Å². The van der Waals surface area contributed by atoms with Crippen molar-refractivity contribution in [1.82, 2.24) is 14.8 Å². The van der Waals surface area contributed by atoms with Gasteiger partial charge in [0.1, 0.15) is 24.4 Å². The number of ether oxygens (including phenoxy) is 2. The molecule has 1 unspecified atom stereocenters. The van der Waals surface area contributed by atoms with Crippen LogP contribution in [-0.4, -0.2) is 38.2 Å². The topological polar surface area (TPSA) is 104 Å². The van der Waals surface area contributed by atoms with E-state index in [1.807, 2.05) is 12.1 Å². The molecule has 1 N–H and O–H groups in total. The Hall–Kier alpha value is -4.17. The monoisotopic (exact) mass is 489 g/mol. The number of aliphatic carboxylic acids is 1. The Balaban J connectivity index is 1.38. The average Bonchev–Trinajstić information content (AvgIpc) is 3.49. The van der Waals surface area contributed by atoms with E-state index >= 15 is 0 Å². The van der Waals surface area contributed by atoms with Gasteiger partial charge in [-0.1, -0.05) is 48.0 Å². The molecule has 0 bridgehead atoms. The summed E-state index contributed by atoms with van der Waals surface area (Å²) in [6.45, 7) is 0.410. The summed E-state index contributed by atoms with van der Waals surface area (Å²) < 4.78 is 13.3. The lowest BCUT2D eigenvalue weighted by Gasteiger charge is -2.13. The first kappa shape index (κ1) is 22.6. The maximum atomic E-state index is 13.2. The molecule has 9 heteroatoms. The fourth-order valence-electron chi connectivity index (χ4n) is 4.08. The van der Waals surface area contributed by atoms with Crippen LogP contribution in [0.15, 0.2) is 73.1 Å². The Morgan fingerprint density at radius 3 is 2.74 bits per heavy atom. The minimum absolute atomic E-state index is 0.0153. The van der Waals surface area contributed by atoms with E-state index in [0.29, 0.717) is 45.8 Å². The Bertz CT molecular complexity index is 1400. The molecular formula is C26H20ClN3O5. The lowest BCUT2D eigenvalue weighted by Crippen LogP contribution is -2.11. The van der Waals surface area contributed by atoms with Crippen molar-refractivity contribution < 1.29 is 24.2 Å². The van der Waals surface area contributed by atoms with Crippen molar-refractivity contribution in [2.75, 3.05) is 6.61 Å². The third kappa shape index (κ3) is 4.74. The van der Waals surface area contributed by atoms with Crippen LogP contribution in [0.2, 0.25) is 5.02 Å². The van der Waals surface area contributed by atoms with Crippen LogP contribution in [0.3, 0.4) is 0 Å². The van der Waals surface area contributed by atoms with Crippen LogP contribution in [0, 0.1) is 0 Å². The first-order valence-corrected chi connectivity index (χ1v) is 11.3. The second-order valence-corrected chi connectivity index (χ2v) is 8.50. The summed E-state index contributed by atoms with van der Waals surface area (Å²) in [4.78, 5) is 24.3. The molecule has 0 saturated carbocycles. The summed E-state index contributed by atoms with van der Waals surface area (Å²) in [5, 5.41) is 17.7. The van der Waals surface area contributed by atoms with Gasteiger partial charge in [-0.3, -0.25) is 14.2 Å². The van der Waals surface area contributed by atoms with Gasteiger partial charge in [-0.2, -0.15) is 0 Å². The lowest BCUT2D eigenvalue weighted by atomic mass is 9.98. The summed E-state index contributed by atoms with van der Waals surface area (Å²) in [6, 6.07) is 19.4. The van der Waals surface area contributed by atoms with Crippen molar-refractivity contribution in [2.45, 2.75) is 18.9 Å². The highest BCUT2D eigenvalue weighted by Crippen LogP contribution is 2.38. The third-order valence-corrected chi connectivity index (χ3v) is 6.01. The van der Waals surface area contributed by atoms with Crippen molar-refractivity contribution >= 4 is 23.4 Å². The zero-order valence-electron chi connectivity index (χ0n) is 18.4. The van der Waals surface area contributed by atoms with Gasteiger partial charge in [0.2, 0.25) is 0 Å². The second kappa shape index (κ2) is 9.60. The van der Waals surface area contributed by atoms with E-state index in [9.17, 15) is 9.59 Å². The first-order chi connectivity index (χ1) is 17.0. The van der Waals surface area contributed by atoms with Gasteiger partial charge >= 0.3 is 5.97 Å². The molecule has 0 spiro atoms. The van der Waals surface area contributed by atoms with Crippen LogP contribution in [0.4, 0.5) is 0 Å². The molecule has 1 aliphatic heterocycles. The van der Waals surface area contributed by atoms with Gasteiger partial charge in [-0.25, -0.2) is 0 Å². The van der Waals surface area contributed by atoms with Crippen LogP contribution in [-0.2, 0) is 11.4 Å². The van der Waals surface area contributed by atoms with Crippen LogP contribution in [0.1, 0.15) is 39.6 Å². The smallest absolute Gasteiger partial charge is 0.304 e. The number of carboxylic acids is 1. The number of carbonyl (C=O) groups is 2. The molecule has 5 rings (SSSR count). The van der Waals surface area contributed by atoms with E-state index in [1.165, 1.54) is 6.33 Å². The van der Waals surface area contributed by atoms with Crippen molar-refractivity contribution in [3.8, 4) is 17.2 Å². The van der Waals surface area contributed by atoms with Crippen molar-refractivity contribution in [3.63, 3.8) is 0 Å². The normalized spacial score (nSPS) is 14.3. The van der Waals surface area contributed by atoms with Gasteiger partial charge < -0.3 is 14.6 Å². The molecule has 0 radical (unpaired) electrons. The quantitative estimate of drug-likeness (QED) is 0.358. The maximum Gasteiger partial charge on any atom is 0.304 e. The standard InChI is InChI=1S/C26H20ClN3O5/c27-18-6-9-22(21(11-18)26(33)16-4-2-1-3-5-16)30-15-28-29-24(30)14-34-19-7-8-20-17(10-25(31)32)13-35-23(20)12-19/h1-9,11-12,15,17H,10,13-14H2,(H,31,32). The minimum atomic E-state index is -0.863. The number of rotatable bonds is 8. The number of benzene rings is 3. The van der Waals surface area contributed by atoms with Crippen molar-refractivity contribution in [1.29, 1.82) is 0 Å². The summed E-state index contributed by atoms with van der Waals surface area (Å²) in [5.74, 6) is 0.438. The van der Waals surface area contributed by atoms with E-state index in [-0.39, 0.29) is 24.7 Å². The van der Waals surface area contributed by atoms with Gasteiger partial charge in [0.15, 0.2) is 11.6 Å². The Morgan fingerprint density at radius 1 is 1.11 bits per heavy atom. The fourth-order valence-corrected chi connectivity index (χ4v) is 4.25. The molecule has 1 atom stereocenters. The number of ketones is 1. The predicted molar refractivity (Wildman–Crippen MR) is 128 cm³/mol. The van der Waals surface area contributed by atoms with Crippen LogP contribution in [0.5, 0.6) is 11.5 Å². The molecule has 35 heavy (non-hydrogen) atoms. The average molecular weight is 490 g/mol. The lowest BCUT2D eigenvalue weighted by molar-refractivity contribution is -0.137. The highest BCUT2D eigenvalue weighted by atomic mass is 35.5. The fraction of sp³-hybridized carbons (Fsp3) is 0.154. The first-order valence-electron chi connectivity index (χ1n) is 10.9. The van der Waals surface area contributed by atoms with E-state index < -0.39 is 5.97 Å². The van der Waals surface area contributed by atoms with E-state index in [1.54, 1.807) is 59.2 Å². The predicted octanol–water partition coefficient (Wildman–Crippen LogP) is 4.68. The van der Waals surface area contributed by atoms with E-state index in [2.05, 4.69) is 10.2 Å². The highest BCUT2D eigenvalue weighted by Gasteiger charge is 2.27. The van der Waals surface area contributed by atoms with Gasteiger partial charge in [0, 0.05) is 33.7 Å². The SMILES string of the molecule is O=C(O)CC1COc2cc(OCc3nncn3-c3ccc(Cl)cc3C(=O)c3ccccc3)ccc21. The zero-order valence-corrected chi connectivity index (χ0v) is 19.2. The Morgan fingerprint density at radius 2 is 1.94 bits per heavy atom. The Labute approximate surface area is 205 Å². The molecule has 0 saturated heterocycles. The third-order valence-electron chi connectivity index (χ3n) is 5.77. The molecule has 8 nitrogen and oxygen atoms in total. The van der Waals surface area contributed by atoms with Gasteiger partial charge in [0.25, 0.3) is 0 Å². The van der Waals surface area contributed by atoms with Crippen LogP contribution in [0.25, 0.3) is 5.69 Å². The number of nitrogens with zero attached hydrogens (tertiary/aromatic N) is 3. The Kier molecular flexibility index (Phi) is 6.20. The summed E-state index contributed by atoms with van der Waals surface area (Å²) in [7, 11) is 0. The molecule has 1 aromatic heterocycles. The minimum Gasteiger partial charge on any atom is -0.492 e. The second-order valence-electron chi connectivity index (χ2n) is 8.07. The molecule has 2 heterocycles. The van der Waals surface area contributed by atoms with Gasteiger partial charge in [-0.05, 0) is 24.3 Å². The molecule has 4 aromatic rings. The molecule has 0 aliphatic carbocycles. The molecule has 176 valence electrons. The largest absolute Gasteiger partial charge is 0.492 e.